The van der Waals surface area contributed by atoms with E-state index in [2.05, 4.69) is 25.0 Å². The topological polar surface area (TPSA) is 177 Å². The Morgan fingerprint density at radius 1 is 0.550 bits per heavy atom. The maximum Gasteiger partial charge on any atom is 0.473 e. The average molecular weight is 403 g/mol. The molecular formula is C2H18O12Si6. The van der Waals surface area contributed by atoms with Crippen LogP contribution in [-0.4, -0.2) is 92.8 Å². The van der Waals surface area contributed by atoms with Gasteiger partial charge in [-0.25, -0.2) is 0 Å². The summed E-state index contributed by atoms with van der Waals surface area (Å²) in [4.78, 5) is 54.9. The van der Waals surface area contributed by atoms with Crippen molar-refractivity contribution < 1.29 is 53.8 Å². The van der Waals surface area contributed by atoms with Crippen molar-refractivity contribution in [1.29, 1.82) is 0 Å². The van der Waals surface area contributed by atoms with Gasteiger partial charge in [-0.1, -0.05) is 0 Å². The van der Waals surface area contributed by atoms with E-state index in [1.807, 2.05) is 0 Å². The molecule has 0 bridgehead atoms. The van der Waals surface area contributed by atoms with E-state index in [0.29, 0.717) is 0 Å². The van der Waals surface area contributed by atoms with E-state index in [1.54, 1.807) is 0 Å². The molecule has 6 N–H and O–H groups in total. The molecule has 0 aliphatic carbocycles. The summed E-state index contributed by atoms with van der Waals surface area (Å²) in [5, 5.41) is 0. The third kappa shape index (κ3) is 11.5. The minimum Gasteiger partial charge on any atom is -0.413 e. The molecule has 0 heterocycles. The summed E-state index contributed by atoms with van der Waals surface area (Å²) in [5.74, 6) is 0. The van der Waals surface area contributed by atoms with Crippen molar-refractivity contribution >= 4 is 56.9 Å². The molecule has 0 rings (SSSR count). The van der Waals surface area contributed by atoms with Crippen LogP contribution in [0.15, 0.2) is 0 Å². The Hall–Kier alpha value is 0.821. The van der Waals surface area contributed by atoms with Crippen molar-refractivity contribution in [3.63, 3.8) is 0 Å². The second kappa shape index (κ2) is 11.4. The van der Waals surface area contributed by atoms with Gasteiger partial charge in [-0.2, -0.15) is 0 Å². The van der Waals surface area contributed by atoms with Crippen LogP contribution in [0.4, 0.5) is 0 Å². The standard InChI is InChI=1S/C2H18O12Si6/c1-9-16(4)11-18(6)13-20(8)14-19(7)12-17(5)10-15(2)3/h3-8,15-20H,1-2H3. The minimum atomic E-state index is -3.45. The predicted molar refractivity (Wildman–Crippen MR) is 74.5 cm³/mol. The molecule has 0 aromatic carbocycles. The molecule has 0 saturated heterocycles. The summed E-state index contributed by atoms with van der Waals surface area (Å²) in [6.45, 7) is 1.37. The van der Waals surface area contributed by atoms with Crippen LogP contribution in [0.2, 0.25) is 6.55 Å². The van der Waals surface area contributed by atoms with Gasteiger partial charge in [-0.15, -0.1) is 0 Å². The fourth-order valence-corrected chi connectivity index (χ4v) is 9.07. The molecule has 12 nitrogen and oxygen atoms in total. The molecular weight excluding hydrogens is 385 g/mol. The van der Waals surface area contributed by atoms with E-state index < -0.39 is 56.9 Å². The largest absolute Gasteiger partial charge is 0.473 e. The Balaban J connectivity index is 3.91. The highest BCUT2D eigenvalue weighted by atomic mass is 28.5. The smallest absolute Gasteiger partial charge is 0.413 e. The Labute approximate surface area is 125 Å². The Bertz CT molecular complexity index is 244. The molecule has 0 aliphatic heterocycles. The molecule has 0 spiro atoms. The van der Waals surface area contributed by atoms with Gasteiger partial charge in [0.1, 0.15) is 0 Å². The molecule has 18 heteroatoms. The number of hydrogen-bond donors (Lipinski definition) is 6. The lowest BCUT2D eigenvalue weighted by Gasteiger charge is -2.19. The lowest BCUT2D eigenvalue weighted by molar-refractivity contribution is 0.154. The van der Waals surface area contributed by atoms with Crippen LogP contribution in [0.5, 0.6) is 0 Å². The molecule has 6 unspecified atom stereocenters. The van der Waals surface area contributed by atoms with Crippen LogP contribution in [0.3, 0.4) is 0 Å². The Kier molecular flexibility index (Phi) is 11.9. The van der Waals surface area contributed by atoms with Crippen molar-refractivity contribution in [2.24, 2.45) is 0 Å². The Morgan fingerprint density at radius 3 is 1.15 bits per heavy atom. The van der Waals surface area contributed by atoms with E-state index in [9.17, 15) is 19.2 Å². The first-order valence-corrected chi connectivity index (χ1v) is 14.6. The lowest BCUT2D eigenvalue weighted by atomic mass is 11.8. The van der Waals surface area contributed by atoms with E-state index in [-0.39, 0.29) is 0 Å². The third-order valence-electron chi connectivity index (χ3n) is 1.45. The van der Waals surface area contributed by atoms with Gasteiger partial charge in [-0.05, 0) is 6.55 Å². The second-order valence-corrected chi connectivity index (χ2v) is 13.2. The Morgan fingerprint density at radius 2 is 0.850 bits per heavy atom. The zero-order valence-electron chi connectivity index (χ0n) is 10.6. The maximum atomic E-state index is 9.30. The fourth-order valence-electron chi connectivity index (χ4n) is 0.751. The van der Waals surface area contributed by atoms with Crippen molar-refractivity contribution in [3.05, 3.63) is 0 Å². The van der Waals surface area contributed by atoms with Crippen molar-refractivity contribution in [1.82, 2.24) is 0 Å². The van der Waals surface area contributed by atoms with Gasteiger partial charge in [0.05, 0.1) is 0 Å². The summed E-state index contributed by atoms with van der Waals surface area (Å²) >= 11 is 0. The minimum absolute atomic E-state index is 1.17. The van der Waals surface area contributed by atoms with Gasteiger partial charge in [0, 0.05) is 7.11 Å². The lowest BCUT2D eigenvalue weighted by Crippen LogP contribution is -2.45. The monoisotopic (exact) mass is 402 g/mol. The highest BCUT2D eigenvalue weighted by Crippen LogP contribution is 1.97. The van der Waals surface area contributed by atoms with Crippen molar-refractivity contribution in [2.45, 2.75) is 6.55 Å². The van der Waals surface area contributed by atoms with Gasteiger partial charge < -0.3 is 53.8 Å². The number of rotatable bonds is 11. The van der Waals surface area contributed by atoms with Crippen molar-refractivity contribution in [3.8, 4) is 0 Å². The van der Waals surface area contributed by atoms with Gasteiger partial charge in [-0.3, -0.25) is 0 Å². The summed E-state index contributed by atoms with van der Waals surface area (Å²) in [6, 6.07) is 0. The van der Waals surface area contributed by atoms with Crippen LogP contribution >= 0.6 is 0 Å². The van der Waals surface area contributed by atoms with Gasteiger partial charge in [0.2, 0.25) is 0 Å². The summed E-state index contributed by atoms with van der Waals surface area (Å²) in [6.07, 6.45) is 0. The number of hydrogen-bond acceptors (Lipinski definition) is 12. The highest BCUT2D eigenvalue weighted by molar-refractivity contribution is 6.63. The summed E-state index contributed by atoms with van der Waals surface area (Å²) in [5.41, 5.74) is 0. The van der Waals surface area contributed by atoms with E-state index in [1.165, 1.54) is 13.7 Å². The highest BCUT2D eigenvalue weighted by Gasteiger charge is 2.29. The van der Waals surface area contributed by atoms with Crippen LogP contribution in [0, 0.1) is 0 Å². The molecule has 6 atom stereocenters. The predicted octanol–water partition coefficient (Wildman–Crippen LogP) is -6.89. The fraction of sp³-hybridized carbons (Fsp3) is 1.00. The van der Waals surface area contributed by atoms with Gasteiger partial charge >= 0.3 is 56.9 Å². The molecule has 0 amide bonds. The molecule has 0 fully saturated rings. The van der Waals surface area contributed by atoms with Gasteiger partial charge in [0.15, 0.2) is 0 Å². The van der Waals surface area contributed by atoms with E-state index in [4.69, 9.17) is 9.59 Å². The van der Waals surface area contributed by atoms with E-state index in [0.717, 1.165) is 0 Å². The molecule has 0 saturated carbocycles. The van der Waals surface area contributed by atoms with Crippen LogP contribution in [-0.2, 0) is 25.0 Å². The average Bonchev–Trinajstić information content (AvgIpc) is 2.26. The zero-order valence-corrected chi connectivity index (χ0v) is 17.5. The summed E-state index contributed by atoms with van der Waals surface area (Å²) in [7, 11) is -17.7. The molecule has 20 heavy (non-hydrogen) atoms. The first-order chi connectivity index (χ1) is 9.24. The molecule has 0 radical (unpaired) electrons. The van der Waals surface area contributed by atoms with Gasteiger partial charge in [0.25, 0.3) is 0 Å². The van der Waals surface area contributed by atoms with E-state index >= 15 is 0 Å². The maximum absolute atomic E-state index is 9.30. The summed E-state index contributed by atoms with van der Waals surface area (Å²) < 4.78 is 27.2. The molecule has 122 valence electrons. The van der Waals surface area contributed by atoms with Crippen LogP contribution < -0.4 is 0 Å². The third-order valence-corrected chi connectivity index (χ3v) is 11.8. The SMILES string of the molecule is CO[SiH](O)O[SiH](O)O[SiH](O)O[SiH](O)O[SiH](O)O[SiH](C)O. The molecule has 0 aromatic heterocycles. The van der Waals surface area contributed by atoms with Crippen LogP contribution in [0.25, 0.3) is 0 Å². The first-order valence-electron chi connectivity index (χ1n) is 5.13. The van der Waals surface area contributed by atoms with Crippen molar-refractivity contribution in [2.75, 3.05) is 7.11 Å². The van der Waals surface area contributed by atoms with Crippen LogP contribution in [0.1, 0.15) is 0 Å². The molecule has 0 aromatic rings. The zero-order chi connectivity index (χ0) is 15.7. The second-order valence-electron chi connectivity index (χ2n) is 3.05. The quantitative estimate of drug-likeness (QED) is 0.180. The molecule has 0 aliphatic rings. The first kappa shape index (κ1) is 20.8. The normalized spacial score (nSPS) is 21.0.